The monoisotopic (exact) mass is 188 g/mol. The van der Waals surface area contributed by atoms with Gasteiger partial charge in [0.2, 0.25) is 0 Å². The molecule has 0 atom stereocenters. The van der Waals surface area contributed by atoms with E-state index in [1.807, 2.05) is 6.92 Å². The SMILES string of the molecule is Cc1oc2c(C(C)C)cccc2c1C. The van der Waals surface area contributed by atoms with Crippen molar-refractivity contribution < 1.29 is 4.42 Å². The van der Waals surface area contributed by atoms with Crippen LogP contribution in [0.3, 0.4) is 0 Å². The summed E-state index contributed by atoms with van der Waals surface area (Å²) in [6.07, 6.45) is 0. The smallest absolute Gasteiger partial charge is 0.137 e. The fourth-order valence-corrected chi connectivity index (χ4v) is 1.84. The second-order valence-electron chi connectivity index (χ2n) is 4.16. The van der Waals surface area contributed by atoms with E-state index in [0.717, 1.165) is 11.3 Å². The van der Waals surface area contributed by atoms with Gasteiger partial charge in [0.1, 0.15) is 11.3 Å². The molecular formula is C13H16O. The van der Waals surface area contributed by atoms with Gasteiger partial charge < -0.3 is 4.42 Å². The highest BCUT2D eigenvalue weighted by Gasteiger charge is 2.11. The molecule has 0 bridgehead atoms. The summed E-state index contributed by atoms with van der Waals surface area (Å²) >= 11 is 0. The van der Waals surface area contributed by atoms with Crippen molar-refractivity contribution in [3.8, 4) is 0 Å². The molecule has 0 unspecified atom stereocenters. The molecule has 0 N–H and O–H groups in total. The largest absolute Gasteiger partial charge is 0.461 e. The van der Waals surface area contributed by atoms with Gasteiger partial charge in [0.05, 0.1) is 0 Å². The van der Waals surface area contributed by atoms with Crippen molar-refractivity contribution >= 4 is 11.0 Å². The van der Waals surface area contributed by atoms with Gasteiger partial charge in [-0.1, -0.05) is 32.0 Å². The molecule has 2 rings (SSSR count). The molecule has 1 aromatic heterocycles. The predicted octanol–water partition coefficient (Wildman–Crippen LogP) is 4.17. The minimum atomic E-state index is 0.517. The lowest BCUT2D eigenvalue weighted by Gasteiger charge is -2.04. The third kappa shape index (κ3) is 1.24. The first-order valence-electron chi connectivity index (χ1n) is 5.10. The van der Waals surface area contributed by atoms with Crippen molar-refractivity contribution in [1.82, 2.24) is 0 Å². The Balaban J connectivity index is 2.81. The van der Waals surface area contributed by atoms with E-state index in [4.69, 9.17) is 4.42 Å². The Hall–Kier alpha value is -1.24. The van der Waals surface area contributed by atoms with Gasteiger partial charge in [-0.15, -0.1) is 0 Å². The van der Waals surface area contributed by atoms with Gasteiger partial charge in [-0.2, -0.15) is 0 Å². The summed E-state index contributed by atoms with van der Waals surface area (Å²) in [6.45, 7) is 8.54. The first-order valence-corrected chi connectivity index (χ1v) is 5.10. The second-order valence-corrected chi connectivity index (χ2v) is 4.16. The summed E-state index contributed by atoms with van der Waals surface area (Å²) in [7, 11) is 0. The maximum absolute atomic E-state index is 5.79. The molecule has 74 valence electrons. The maximum atomic E-state index is 5.79. The summed E-state index contributed by atoms with van der Waals surface area (Å²) in [5.74, 6) is 1.55. The lowest BCUT2D eigenvalue weighted by atomic mass is 10.0. The zero-order chi connectivity index (χ0) is 10.3. The molecule has 0 radical (unpaired) electrons. The third-order valence-electron chi connectivity index (χ3n) is 2.85. The third-order valence-corrected chi connectivity index (χ3v) is 2.85. The molecule has 1 heterocycles. The molecule has 0 aliphatic heterocycles. The molecule has 0 aliphatic carbocycles. The molecule has 0 spiro atoms. The van der Waals surface area contributed by atoms with Gasteiger partial charge in [0.25, 0.3) is 0 Å². The predicted molar refractivity (Wildman–Crippen MR) is 59.8 cm³/mol. The maximum Gasteiger partial charge on any atom is 0.137 e. The number of furan rings is 1. The van der Waals surface area contributed by atoms with Crippen LogP contribution >= 0.6 is 0 Å². The quantitative estimate of drug-likeness (QED) is 0.654. The van der Waals surface area contributed by atoms with Crippen LogP contribution in [0, 0.1) is 13.8 Å². The van der Waals surface area contributed by atoms with Crippen LogP contribution < -0.4 is 0 Å². The van der Waals surface area contributed by atoms with E-state index in [2.05, 4.69) is 39.0 Å². The van der Waals surface area contributed by atoms with Crippen molar-refractivity contribution in [2.45, 2.75) is 33.6 Å². The van der Waals surface area contributed by atoms with Gasteiger partial charge in [-0.3, -0.25) is 0 Å². The van der Waals surface area contributed by atoms with Crippen molar-refractivity contribution in [3.63, 3.8) is 0 Å². The Morgan fingerprint density at radius 2 is 1.86 bits per heavy atom. The number of para-hydroxylation sites is 1. The first-order chi connectivity index (χ1) is 6.61. The number of aryl methyl sites for hydroxylation is 2. The second kappa shape index (κ2) is 3.16. The fourth-order valence-electron chi connectivity index (χ4n) is 1.84. The number of rotatable bonds is 1. The zero-order valence-electron chi connectivity index (χ0n) is 9.22. The molecule has 0 saturated heterocycles. The minimum Gasteiger partial charge on any atom is -0.461 e. The minimum absolute atomic E-state index is 0.517. The van der Waals surface area contributed by atoms with Crippen LogP contribution in [0.25, 0.3) is 11.0 Å². The molecule has 0 amide bonds. The average Bonchev–Trinajstić information content (AvgIpc) is 2.43. The summed E-state index contributed by atoms with van der Waals surface area (Å²) in [5.41, 5.74) is 3.64. The molecule has 0 aliphatic rings. The molecule has 1 nitrogen and oxygen atoms in total. The van der Waals surface area contributed by atoms with E-state index >= 15 is 0 Å². The summed E-state index contributed by atoms with van der Waals surface area (Å²) < 4.78 is 5.79. The van der Waals surface area contributed by atoms with Crippen molar-refractivity contribution in [2.75, 3.05) is 0 Å². The van der Waals surface area contributed by atoms with Crippen molar-refractivity contribution in [3.05, 3.63) is 35.1 Å². The van der Waals surface area contributed by atoms with Crippen LogP contribution in [0.4, 0.5) is 0 Å². The Kier molecular flexibility index (Phi) is 2.10. The highest BCUT2D eigenvalue weighted by Crippen LogP contribution is 2.30. The Morgan fingerprint density at radius 1 is 1.14 bits per heavy atom. The Morgan fingerprint density at radius 3 is 2.50 bits per heavy atom. The van der Waals surface area contributed by atoms with Gasteiger partial charge in [-0.25, -0.2) is 0 Å². The number of hydrogen-bond donors (Lipinski definition) is 0. The van der Waals surface area contributed by atoms with Crippen LogP contribution in [0.5, 0.6) is 0 Å². The van der Waals surface area contributed by atoms with Gasteiger partial charge in [0, 0.05) is 5.39 Å². The van der Waals surface area contributed by atoms with E-state index in [1.165, 1.54) is 16.5 Å². The van der Waals surface area contributed by atoms with Gasteiger partial charge >= 0.3 is 0 Å². The van der Waals surface area contributed by atoms with Crippen LogP contribution in [-0.2, 0) is 0 Å². The number of hydrogen-bond acceptors (Lipinski definition) is 1. The molecular weight excluding hydrogens is 172 g/mol. The van der Waals surface area contributed by atoms with E-state index < -0.39 is 0 Å². The zero-order valence-corrected chi connectivity index (χ0v) is 9.22. The van der Waals surface area contributed by atoms with Gasteiger partial charge in [-0.05, 0) is 30.9 Å². The van der Waals surface area contributed by atoms with E-state index in [-0.39, 0.29) is 0 Å². The molecule has 14 heavy (non-hydrogen) atoms. The van der Waals surface area contributed by atoms with E-state index in [9.17, 15) is 0 Å². The Labute approximate surface area is 84.7 Å². The van der Waals surface area contributed by atoms with Gasteiger partial charge in [0.15, 0.2) is 0 Å². The fraction of sp³-hybridized carbons (Fsp3) is 0.385. The lowest BCUT2D eigenvalue weighted by molar-refractivity contribution is 0.568. The van der Waals surface area contributed by atoms with Crippen molar-refractivity contribution in [2.24, 2.45) is 0 Å². The molecule has 1 heteroatoms. The first kappa shape index (κ1) is 9.32. The average molecular weight is 188 g/mol. The van der Waals surface area contributed by atoms with Crippen LogP contribution in [0.15, 0.2) is 22.6 Å². The summed E-state index contributed by atoms with van der Waals surface area (Å²) in [5, 5.41) is 1.26. The summed E-state index contributed by atoms with van der Waals surface area (Å²) in [4.78, 5) is 0. The highest BCUT2D eigenvalue weighted by atomic mass is 16.3. The summed E-state index contributed by atoms with van der Waals surface area (Å²) in [6, 6.07) is 6.39. The topological polar surface area (TPSA) is 13.1 Å². The normalized spacial score (nSPS) is 11.5. The highest BCUT2D eigenvalue weighted by molar-refractivity contribution is 5.85. The molecule has 0 saturated carbocycles. The van der Waals surface area contributed by atoms with Crippen LogP contribution in [0.2, 0.25) is 0 Å². The molecule has 1 aromatic carbocycles. The van der Waals surface area contributed by atoms with Crippen molar-refractivity contribution in [1.29, 1.82) is 0 Å². The van der Waals surface area contributed by atoms with Crippen LogP contribution in [0.1, 0.15) is 36.7 Å². The lowest BCUT2D eigenvalue weighted by Crippen LogP contribution is -1.86. The Bertz CT molecular complexity index is 463. The number of fused-ring (bicyclic) bond motifs is 1. The van der Waals surface area contributed by atoms with E-state index in [1.54, 1.807) is 0 Å². The molecule has 2 aromatic rings. The number of benzene rings is 1. The van der Waals surface area contributed by atoms with Crippen LogP contribution in [-0.4, -0.2) is 0 Å². The standard InChI is InChI=1S/C13H16O/c1-8(2)11-6-5-7-12-9(3)10(4)14-13(11)12/h5-8H,1-4H3. The van der Waals surface area contributed by atoms with E-state index in [0.29, 0.717) is 5.92 Å². The molecule has 0 fully saturated rings.